The zero-order valence-corrected chi connectivity index (χ0v) is 13.4. The average Bonchev–Trinajstić information content (AvgIpc) is 3.24. The van der Waals surface area contributed by atoms with Crippen LogP contribution in [0.25, 0.3) is 0 Å². The third-order valence-corrected chi connectivity index (χ3v) is 5.02. The molecule has 2 aliphatic rings. The first-order valence-electron chi connectivity index (χ1n) is 8.17. The lowest BCUT2D eigenvalue weighted by molar-refractivity contribution is 0.456. The molecule has 4 nitrogen and oxygen atoms in total. The van der Waals surface area contributed by atoms with Crippen molar-refractivity contribution in [2.24, 2.45) is 5.92 Å². The van der Waals surface area contributed by atoms with Gasteiger partial charge in [-0.25, -0.2) is 9.97 Å². The van der Waals surface area contributed by atoms with Gasteiger partial charge in [-0.15, -0.1) is 0 Å². The van der Waals surface area contributed by atoms with Gasteiger partial charge in [-0.05, 0) is 43.7 Å². The van der Waals surface area contributed by atoms with Crippen molar-refractivity contribution >= 4 is 17.4 Å². The topological polar surface area (TPSA) is 34.0 Å². The van der Waals surface area contributed by atoms with Crippen LogP contribution in [0, 0.1) is 5.92 Å². The highest BCUT2D eigenvalue weighted by Gasteiger charge is 2.27. The predicted octanol–water partition coefficient (Wildman–Crippen LogP) is 3.73. The van der Waals surface area contributed by atoms with Gasteiger partial charge in [0.2, 0.25) is 0 Å². The van der Waals surface area contributed by atoms with Gasteiger partial charge >= 0.3 is 0 Å². The van der Waals surface area contributed by atoms with Gasteiger partial charge in [0.15, 0.2) is 0 Å². The molecule has 1 aliphatic carbocycles. The van der Waals surface area contributed by atoms with E-state index in [-0.39, 0.29) is 0 Å². The van der Waals surface area contributed by atoms with Crippen LogP contribution in [0.15, 0.2) is 30.7 Å². The molecule has 2 fully saturated rings. The highest BCUT2D eigenvalue weighted by atomic mass is 35.5. The summed E-state index contributed by atoms with van der Waals surface area (Å²) in [4.78, 5) is 11.4. The van der Waals surface area contributed by atoms with E-state index in [2.05, 4.69) is 25.6 Å². The SMILES string of the molecule is Clc1ccc(N2CCC(c3nccn3CC3CC3)CC2)nc1. The van der Waals surface area contributed by atoms with Crippen LogP contribution >= 0.6 is 11.6 Å². The molecule has 5 heteroatoms. The molecule has 1 aliphatic heterocycles. The average molecular weight is 317 g/mol. The number of piperidine rings is 1. The lowest BCUT2D eigenvalue weighted by Gasteiger charge is -2.32. The maximum atomic E-state index is 5.91. The van der Waals surface area contributed by atoms with Gasteiger partial charge in [0.05, 0.1) is 5.02 Å². The molecule has 3 heterocycles. The van der Waals surface area contributed by atoms with Crippen molar-refractivity contribution in [2.45, 2.75) is 38.1 Å². The molecule has 22 heavy (non-hydrogen) atoms. The van der Waals surface area contributed by atoms with E-state index in [1.54, 1.807) is 6.20 Å². The normalized spacial score (nSPS) is 19.6. The number of aromatic nitrogens is 3. The Balaban J connectivity index is 1.41. The number of nitrogens with zero attached hydrogens (tertiary/aromatic N) is 4. The Morgan fingerprint density at radius 2 is 1.91 bits per heavy atom. The summed E-state index contributed by atoms with van der Waals surface area (Å²) in [6, 6.07) is 3.93. The molecule has 0 bridgehead atoms. The first-order valence-corrected chi connectivity index (χ1v) is 8.55. The van der Waals surface area contributed by atoms with Crippen LogP contribution in [-0.2, 0) is 6.54 Å². The van der Waals surface area contributed by atoms with E-state index >= 15 is 0 Å². The van der Waals surface area contributed by atoms with E-state index in [4.69, 9.17) is 11.6 Å². The summed E-state index contributed by atoms with van der Waals surface area (Å²) in [5.74, 6) is 3.79. The van der Waals surface area contributed by atoms with Gasteiger partial charge in [-0.1, -0.05) is 11.6 Å². The smallest absolute Gasteiger partial charge is 0.128 e. The second-order valence-electron chi connectivity index (χ2n) is 6.48. The van der Waals surface area contributed by atoms with Crippen LogP contribution in [0.3, 0.4) is 0 Å². The number of rotatable bonds is 4. The fraction of sp³-hybridized carbons (Fsp3) is 0.529. The fourth-order valence-corrected chi connectivity index (χ4v) is 3.45. The van der Waals surface area contributed by atoms with Crippen LogP contribution in [0.1, 0.15) is 37.4 Å². The third-order valence-electron chi connectivity index (χ3n) is 4.80. The molecule has 0 spiro atoms. The van der Waals surface area contributed by atoms with Gasteiger partial charge < -0.3 is 9.47 Å². The lowest BCUT2D eigenvalue weighted by atomic mass is 9.96. The van der Waals surface area contributed by atoms with Crippen LogP contribution in [0.4, 0.5) is 5.82 Å². The molecule has 0 radical (unpaired) electrons. The molecule has 0 unspecified atom stereocenters. The molecule has 0 amide bonds. The van der Waals surface area contributed by atoms with Crippen LogP contribution in [-0.4, -0.2) is 27.6 Å². The molecule has 0 atom stereocenters. The second kappa shape index (κ2) is 5.92. The molecule has 1 saturated carbocycles. The van der Waals surface area contributed by atoms with Gasteiger partial charge in [-0.2, -0.15) is 0 Å². The number of halogens is 1. The number of hydrogen-bond acceptors (Lipinski definition) is 3. The molecule has 1 saturated heterocycles. The van der Waals surface area contributed by atoms with Crippen molar-refractivity contribution in [3.63, 3.8) is 0 Å². The van der Waals surface area contributed by atoms with Gasteiger partial charge in [0, 0.05) is 44.1 Å². The Labute approximate surface area is 136 Å². The first kappa shape index (κ1) is 14.1. The number of hydrogen-bond donors (Lipinski definition) is 0. The minimum atomic E-state index is 0.581. The Morgan fingerprint density at radius 3 is 2.59 bits per heavy atom. The Hall–Kier alpha value is -1.55. The van der Waals surface area contributed by atoms with Crippen LogP contribution in [0.5, 0.6) is 0 Å². The molecule has 0 N–H and O–H groups in total. The summed E-state index contributed by atoms with van der Waals surface area (Å²) >= 11 is 5.91. The summed E-state index contributed by atoms with van der Waals surface area (Å²) < 4.78 is 2.39. The van der Waals surface area contributed by atoms with E-state index < -0.39 is 0 Å². The molecular weight excluding hydrogens is 296 g/mol. The lowest BCUT2D eigenvalue weighted by Crippen LogP contribution is -2.34. The number of imidazole rings is 1. The number of anilines is 1. The second-order valence-corrected chi connectivity index (χ2v) is 6.91. The van der Waals surface area contributed by atoms with Gasteiger partial charge in [0.25, 0.3) is 0 Å². The minimum Gasteiger partial charge on any atom is -0.357 e. The third kappa shape index (κ3) is 2.98. The summed E-state index contributed by atoms with van der Waals surface area (Å²) in [7, 11) is 0. The van der Waals surface area contributed by atoms with E-state index in [0.717, 1.165) is 44.2 Å². The van der Waals surface area contributed by atoms with Crippen LogP contribution in [0.2, 0.25) is 5.02 Å². The van der Waals surface area contributed by atoms with E-state index in [0.29, 0.717) is 10.9 Å². The highest BCUT2D eigenvalue weighted by molar-refractivity contribution is 6.30. The standard InChI is InChI=1S/C17H21ClN4/c18-15-3-4-16(20-11-15)21-8-5-14(6-9-21)17-19-7-10-22(17)12-13-1-2-13/h3-4,7,10-11,13-14H,1-2,5-6,8-9,12H2. The van der Waals surface area contributed by atoms with Crippen molar-refractivity contribution in [3.05, 3.63) is 41.6 Å². The minimum absolute atomic E-state index is 0.581. The zero-order chi connectivity index (χ0) is 14.9. The molecule has 116 valence electrons. The predicted molar refractivity (Wildman–Crippen MR) is 88.4 cm³/mol. The quantitative estimate of drug-likeness (QED) is 0.862. The largest absolute Gasteiger partial charge is 0.357 e. The van der Waals surface area contributed by atoms with Crippen LogP contribution < -0.4 is 4.90 Å². The maximum Gasteiger partial charge on any atom is 0.128 e. The molecule has 2 aromatic heterocycles. The van der Waals surface area contributed by atoms with Gasteiger partial charge in [-0.3, -0.25) is 0 Å². The van der Waals surface area contributed by atoms with Crippen molar-refractivity contribution in [1.82, 2.24) is 14.5 Å². The zero-order valence-electron chi connectivity index (χ0n) is 12.7. The van der Waals surface area contributed by atoms with Gasteiger partial charge in [0.1, 0.15) is 11.6 Å². The summed E-state index contributed by atoms with van der Waals surface area (Å²) in [5.41, 5.74) is 0. The van der Waals surface area contributed by atoms with E-state index in [9.17, 15) is 0 Å². The van der Waals surface area contributed by atoms with E-state index in [1.807, 2.05) is 18.3 Å². The Kier molecular flexibility index (Phi) is 3.78. The highest BCUT2D eigenvalue weighted by Crippen LogP contribution is 2.34. The van der Waals surface area contributed by atoms with E-state index in [1.165, 1.54) is 18.7 Å². The molecule has 2 aromatic rings. The Bertz CT molecular complexity index is 624. The molecular formula is C17H21ClN4. The molecule has 4 rings (SSSR count). The molecule has 0 aromatic carbocycles. The van der Waals surface area contributed by atoms with Crippen molar-refractivity contribution < 1.29 is 0 Å². The number of pyridine rings is 1. The summed E-state index contributed by atoms with van der Waals surface area (Å²) in [5, 5.41) is 0.695. The summed E-state index contributed by atoms with van der Waals surface area (Å²) in [6.45, 7) is 3.24. The fourth-order valence-electron chi connectivity index (χ4n) is 3.34. The van der Waals surface area contributed by atoms with Crippen molar-refractivity contribution in [3.8, 4) is 0 Å². The monoisotopic (exact) mass is 316 g/mol. The first-order chi connectivity index (χ1) is 10.8. The maximum absolute atomic E-state index is 5.91. The Morgan fingerprint density at radius 1 is 1.09 bits per heavy atom. The van der Waals surface area contributed by atoms with Crippen molar-refractivity contribution in [2.75, 3.05) is 18.0 Å². The van der Waals surface area contributed by atoms with Crippen molar-refractivity contribution in [1.29, 1.82) is 0 Å². The summed E-state index contributed by atoms with van der Waals surface area (Å²) in [6.07, 6.45) is 10.9.